The minimum absolute atomic E-state index is 0.0569. The van der Waals surface area contributed by atoms with Gasteiger partial charge < -0.3 is 5.11 Å². The van der Waals surface area contributed by atoms with E-state index in [1.54, 1.807) is 12.1 Å². The largest absolute Gasteiger partial charge is 0.481 e. The molecule has 0 aliphatic carbocycles. The molecule has 0 heterocycles. The van der Waals surface area contributed by atoms with Gasteiger partial charge in [-0.15, -0.1) is 0 Å². The third kappa shape index (κ3) is 3.42. The number of nitro groups is 1. The fourth-order valence-corrected chi connectivity index (χ4v) is 3.02. The van der Waals surface area contributed by atoms with Gasteiger partial charge in [0.05, 0.1) is 10.3 Å². The zero-order chi connectivity index (χ0) is 16.3. The highest BCUT2D eigenvalue weighted by Crippen LogP contribution is 2.34. The summed E-state index contributed by atoms with van der Waals surface area (Å²) in [7, 11) is 0. The maximum Gasteiger partial charge on any atom is 0.303 e. The van der Waals surface area contributed by atoms with Crippen LogP contribution < -0.4 is 0 Å². The van der Waals surface area contributed by atoms with E-state index in [0.717, 1.165) is 17.4 Å². The number of nitrogens with zero attached hydrogens (tertiary/aromatic N) is 1. The zero-order valence-electron chi connectivity index (χ0n) is 12.7. The molecule has 2 aromatic rings. The van der Waals surface area contributed by atoms with Gasteiger partial charge in [0.25, 0.3) is 5.69 Å². The van der Waals surface area contributed by atoms with Crippen LogP contribution in [0.15, 0.2) is 36.4 Å². The van der Waals surface area contributed by atoms with Crippen molar-refractivity contribution in [3.63, 3.8) is 0 Å². The number of fused-ring (bicyclic) bond motifs is 1. The number of carbonyl (C=O) groups is 1. The summed E-state index contributed by atoms with van der Waals surface area (Å²) in [5.41, 5.74) is 1.13. The molecule has 2 atom stereocenters. The van der Waals surface area contributed by atoms with Crippen molar-refractivity contribution in [2.75, 3.05) is 0 Å². The van der Waals surface area contributed by atoms with E-state index >= 15 is 0 Å². The monoisotopic (exact) mass is 301 g/mol. The summed E-state index contributed by atoms with van der Waals surface area (Å²) < 4.78 is 0. The van der Waals surface area contributed by atoms with E-state index in [2.05, 4.69) is 0 Å². The third-order valence-corrected chi connectivity index (χ3v) is 3.94. The van der Waals surface area contributed by atoms with Crippen molar-refractivity contribution in [2.24, 2.45) is 5.92 Å². The van der Waals surface area contributed by atoms with Crippen LogP contribution in [0.1, 0.15) is 38.2 Å². The van der Waals surface area contributed by atoms with Crippen molar-refractivity contribution in [1.29, 1.82) is 0 Å². The van der Waals surface area contributed by atoms with Crippen molar-refractivity contribution < 1.29 is 14.8 Å². The Hall–Kier alpha value is -2.43. The van der Waals surface area contributed by atoms with Gasteiger partial charge in [0.2, 0.25) is 0 Å². The van der Waals surface area contributed by atoms with E-state index in [-0.39, 0.29) is 28.9 Å². The van der Waals surface area contributed by atoms with Crippen LogP contribution in [0.2, 0.25) is 0 Å². The topological polar surface area (TPSA) is 80.4 Å². The normalized spacial score (nSPS) is 13.7. The van der Waals surface area contributed by atoms with Gasteiger partial charge in [0.1, 0.15) is 0 Å². The number of non-ortho nitro benzene ring substituents is 1. The maximum absolute atomic E-state index is 11.1. The number of carboxylic acids is 1. The van der Waals surface area contributed by atoms with Gasteiger partial charge >= 0.3 is 5.97 Å². The second-order valence-corrected chi connectivity index (χ2v) is 5.82. The molecule has 0 bridgehead atoms. The SMILES string of the molecule is CC(CC(=O)O)CC(C)c1cccc2c([N+](=O)[O-])cccc12. The molecule has 2 rings (SSSR count). The first-order valence-electron chi connectivity index (χ1n) is 7.28. The second-order valence-electron chi connectivity index (χ2n) is 5.82. The summed E-state index contributed by atoms with van der Waals surface area (Å²) in [6.07, 6.45) is 0.864. The van der Waals surface area contributed by atoms with Gasteiger partial charge in [-0.05, 0) is 35.3 Å². The lowest BCUT2D eigenvalue weighted by atomic mass is 9.87. The lowest BCUT2D eigenvalue weighted by molar-refractivity contribution is -0.383. The van der Waals surface area contributed by atoms with E-state index < -0.39 is 5.97 Å². The van der Waals surface area contributed by atoms with Gasteiger partial charge in [-0.1, -0.05) is 38.1 Å². The van der Waals surface area contributed by atoms with Gasteiger partial charge in [-0.2, -0.15) is 0 Å². The molecule has 0 saturated heterocycles. The Labute approximate surface area is 128 Å². The first-order valence-corrected chi connectivity index (χ1v) is 7.28. The molecule has 1 N–H and O–H groups in total. The molecule has 2 aromatic carbocycles. The number of benzene rings is 2. The molecule has 5 nitrogen and oxygen atoms in total. The predicted octanol–water partition coefficient (Wildman–Crippen LogP) is 4.35. The van der Waals surface area contributed by atoms with Crippen LogP contribution in [0.4, 0.5) is 5.69 Å². The summed E-state index contributed by atoms with van der Waals surface area (Å²) >= 11 is 0. The molecule has 0 saturated carbocycles. The van der Waals surface area contributed by atoms with E-state index in [1.807, 2.05) is 32.0 Å². The van der Waals surface area contributed by atoms with Crippen LogP contribution in [0, 0.1) is 16.0 Å². The molecular formula is C17H19NO4. The first kappa shape index (κ1) is 15.9. The van der Waals surface area contributed by atoms with E-state index in [9.17, 15) is 14.9 Å². The number of rotatable bonds is 6. The molecule has 0 spiro atoms. The first-order chi connectivity index (χ1) is 10.4. The average Bonchev–Trinajstić information content (AvgIpc) is 2.44. The van der Waals surface area contributed by atoms with Crippen molar-refractivity contribution in [3.8, 4) is 0 Å². The molecule has 22 heavy (non-hydrogen) atoms. The number of carboxylic acid groups (broad SMARTS) is 1. The van der Waals surface area contributed by atoms with E-state index in [0.29, 0.717) is 5.39 Å². The molecule has 116 valence electrons. The molecule has 5 heteroatoms. The van der Waals surface area contributed by atoms with E-state index in [1.165, 1.54) is 6.07 Å². The number of nitro benzene ring substituents is 1. The highest BCUT2D eigenvalue weighted by molar-refractivity contribution is 5.93. The van der Waals surface area contributed by atoms with Crippen LogP contribution in [0.5, 0.6) is 0 Å². The van der Waals surface area contributed by atoms with Gasteiger partial charge in [0, 0.05) is 12.5 Å². The molecule has 0 fully saturated rings. The quantitative estimate of drug-likeness (QED) is 0.635. The van der Waals surface area contributed by atoms with E-state index in [4.69, 9.17) is 5.11 Å². The van der Waals surface area contributed by atoms with Crippen molar-refractivity contribution in [3.05, 3.63) is 52.1 Å². The minimum Gasteiger partial charge on any atom is -0.481 e. The van der Waals surface area contributed by atoms with Crippen LogP contribution in [-0.4, -0.2) is 16.0 Å². The number of hydrogen-bond acceptors (Lipinski definition) is 3. The highest BCUT2D eigenvalue weighted by Gasteiger charge is 2.18. The van der Waals surface area contributed by atoms with Crippen LogP contribution >= 0.6 is 0 Å². The Bertz CT molecular complexity index is 711. The van der Waals surface area contributed by atoms with Gasteiger partial charge in [-0.25, -0.2) is 0 Å². The molecule has 0 amide bonds. The predicted molar refractivity (Wildman–Crippen MR) is 85.1 cm³/mol. The lowest BCUT2D eigenvalue weighted by Crippen LogP contribution is -2.08. The maximum atomic E-state index is 11.1. The molecule has 0 aliphatic heterocycles. The fraction of sp³-hybridized carbons (Fsp3) is 0.353. The number of aliphatic carboxylic acids is 1. The Morgan fingerprint density at radius 2 is 1.82 bits per heavy atom. The van der Waals surface area contributed by atoms with Crippen molar-refractivity contribution >= 4 is 22.4 Å². The molecule has 0 radical (unpaired) electrons. The zero-order valence-corrected chi connectivity index (χ0v) is 12.7. The number of hydrogen-bond donors (Lipinski definition) is 1. The van der Waals surface area contributed by atoms with Crippen molar-refractivity contribution in [1.82, 2.24) is 0 Å². The van der Waals surface area contributed by atoms with Gasteiger partial charge in [0.15, 0.2) is 0 Å². The Kier molecular flexibility index (Phi) is 4.75. The molecule has 2 unspecified atom stereocenters. The lowest BCUT2D eigenvalue weighted by Gasteiger charge is -2.18. The molecule has 0 aliphatic rings. The Balaban J connectivity index is 2.37. The van der Waals surface area contributed by atoms with Crippen LogP contribution in [0.25, 0.3) is 10.8 Å². The highest BCUT2D eigenvalue weighted by atomic mass is 16.6. The molecule has 0 aromatic heterocycles. The summed E-state index contributed by atoms with van der Waals surface area (Å²) in [5, 5.41) is 21.5. The summed E-state index contributed by atoms with van der Waals surface area (Å²) in [4.78, 5) is 21.5. The summed E-state index contributed by atoms with van der Waals surface area (Å²) in [5.74, 6) is -0.602. The fourth-order valence-electron chi connectivity index (χ4n) is 3.02. The Morgan fingerprint density at radius 1 is 1.18 bits per heavy atom. The average molecular weight is 301 g/mol. The second kappa shape index (κ2) is 6.56. The van der Waals surface area contributed by atoms with Gasteiger partial charge in [-0.3, -0.25) is 14.9 Å². The van der Waals surface area contributed by atoms with Crippen LogP contribution in [0.3, 0.4) is 0 Å². The summed E-state index contributed by atoms with van der Waals surface area (Å²) in [6.45, 7) is 3.95. The molecular weight excluding hydrogens is 282 g/mol. The minimum atomic E-state index is -0.798. The Morgan fingerprint density at radius 3 is 2.45 bits per heavy atom. The summed E-state index contributed by atoms with van der Waals surface area (Å²) in [6, 6.07) is 10.6. The van der Waals surface area contributed by atoms with Crippen LogP contribution in [-0.2, 0) is 4.79 Å². The third-order valence-electron chi connectivity index (χ3n) is 3.94. The standard InChI is InChI=1S/C17H19NO4/c1-11(10-17(19)20)9-12(2)13-5-3-7-15-14(13)6-4-8-16(15)18(21)22/h3-8,11-12H,9-10H2,1-2H3,(H,19,20). The smallest absolute Gasteiger partial charge is 0.303 e. The van der Waals surface area contributed by atoms with Crippen molar-refractivity contribution in [2.45, 2.75) is 32.6 Å².